The van der Waals surface area contributed by atoms with Gasteiger partial charge in [-0.3, -0.25) is 4.99 Å². The number of hydrogen-bond acceptors (Lipinski definition) is 3. The Hall–Kier alpha value is -0.0800. The molecule has 0 fully saturated rings. The fourth-order valence-corrected chi connectivity index (χ4v) is 2.52. The molecule has 0 spiro atoms. The lowest BCUT2D eigenvalue weighted by Gasteiger charge is -2.30. The average Bonchev–Trinajstić information content (AvgIpc) is 2.47. The first-order valence-electron chi connectivity index (χ1n) is 8.28. The van der Waals surface area contributed by atoms with E-state index < -0.39 is 0 Å². The highest BCUT2D eigenvalue weighted by Gasteiger charge is 2.20. The van der Waals surface area contributed by atoms with E-state index in [9.17, 15) is 0 Å². The van der Waals surface area contributed by atoms with Crippen molar-refractivity contribution in [3.05, 3.63) is 0 Å². The Kier molecular flexibility index (Phi) is 17.4. The molecule has 1 atom stereocenters. The standard InChI is InChI=1S/C16H36N4O.HI/c1-7-14(8-2)15(20(4)5)13-19-16(17-9-3)18-11-10-12-21-6;/h14-15H,7-13H2,1-6H3,(H2,17,18,19);1H. The summed E-state index contributed by atoms with van der Waals surface area (Å²) in [7, 11) is 6.03. The van der Waals surface area contributed by atoms with Gasteiger partial charge in [-0.2, -0.15) is 0 Å². The highest BCUT2D eigenvalue weighted by molar-refractivity contribution is 14.0. The number of guanidine groups is 1. The summed E-state index contributed by atoms with van der Waals surface area (Å²) < 4.78 is 5.07. The van der Waals surface area contributed by atoms with Gasteiger partial charge in [0.05, 0.1) is 6.54 Å². The van der Waals surface area contributed by atoms with Gasteiger partial charge in [-0.15, -0.1) is 24.0 Å². The smallest absolute Gasteiger partial charge is 0.191 e. The molecule has 2 N–H and O–H groups in total. The lowest BCUT2D eigenvalue weighted by molar-refractivity contribution is 0.195. The van der Waals surface area contributed by atoms with Crippen LogP contribution < -0.4 is 10.6 Å². The maximum absolute atomic E-state index is 5.07. The second kappa shape index (κ2) is 15.8. The molecular weight excluding hydrogens is 391 g/mol. The number of hydrogen-bond donors (Lipinski definition) is 2. The van der Waals surface area contributed by atoms with E-state index in [-0.39, 0.29) is 24.0 Å². The van der Waals surface area contributed by atoms with E-state index >= 15 is 0 Å². The van der Waals surface area contributed by atoms with Gasteiger partial charge in [-0.1, -0.05) is 26.7 Å². The van der Waals surface area contributed by atoms with E-state index in [1.807, 2.05) is 0 Å². The normalized spacial score (nSPS) is 13.2. The van der Waals surface area contributed by atoms with Crippen LogP contribution in [0.25, 0.3) is 0 Å². The van der Waals surface area contributed by atoms with E-state index in [1.165, 1.54) is 12.8 Å². The number of ether oxygens (including phenoxy) is 1. The number of halogens is 1. The van der Waals surface area contributed by atoms with Gasteiger partial charge >= 0.3 is 0 Å². The highest BCUT2D eigenvalue weighted by Crippen LogP contribution is 2.17. The van der Waals surface area contributed by atoms with Crippen LogP contribution in [-0.2, 0) is 4.74 Å². The van der Waals surface area contributed by atoms with Crippen LogP contribution in [0.3, 0.4) is 0 Å². The Morgan fingerprint density at radius 1 is 1.14 bits per heavy atom. The third kappa shape index (κ3) is 10.6. The van der Waals surface area contributed by atoms with Crippen molar-refractivity contribution in [3.8, 4) is 0 Å². The maximum Gasteiger partial charge on any atom is 0.191 e. The molecule has 0 aliphatic rings. The second-order valence-electron chi connectivity index (χ2n) is 5.60. The van der Waals surface area contributed by atoms with Crippen LogP contribution in [0, 0.1) is 5.92 Å². The van der Waals surface area contributed by atoms with Crippen LogP contribution in [0.5, 0.6) is 0 Å². The number of rotatable bonds is 11. The van der Waals surface area contributed by atoms with E-state index in [0.717, 1.165) is 38.6 Å². The number of nitrogens with one attached hydrogen (secondary N) is 2. The molecule has 0 aromatic carbocycles. The number of likely N-dealkylation sites (N-methyl/N-ethyl adjacent to an activating group) is 1. The summed E-state index contributed by atoms with van der Waals surface area (Å²) in [5, 5.41) is 6.67. The van der Waals surface area contributed by atoms with Gasteiger partial charge in [0, 0.05) is 32.8 Å². The summed E-state index contributed by atoms with van der Waals surface area (Å²) in [5.74, 6) is 1.60. The number of nitrogens with zero attached hydrogens (tertiary/aromatic N) is 2. The summed E-state index contributed by atoms with van der Waals surface area (Å²) in [6, 6.07) is 0.495. The number of aliphatic imine (C=N–C) groups is 1. The Labute approximate surface area is 154 Å². The van der Waals surface area contributed by atoms with Crippen molar-refractivity contribution in [1.29, 1.82) is 0 Å². The molecule has 0 amide bonds. The lowest BCUT2D eigenvalue weighted by atomic mass is 9.93. The SMILES string of the molecule is CCNC(=NCC(C(CC)CC)N(C)C)NCCCOC.I. The van der Waals surface area contributed by atoms with Gasteiger partial charge in [0.25, 0.3) is 0 Å². The summed E-state index contributed by atoms with van der Waals surface area (Å²) >= 11 is 0. The van der Waals surface area contributed by atoms with E-state index in [1.54, 1.807) is 7.11 Å². The van der Waals surface area contributed by atoms with Gasteiger partial charge in [0.2, 0.25) is 0 Å². The van der Waals surface area contributed by atoms with Crippen molar-refractivity contribution in [2.24, 2.45) is 10.9 Å². The molecule has 0 aliphatic carbocycles. The fourth-order valence-electron chi connectivity index (χ4n) is 2.52. The third-order valence-corrected chi connectivity index (χ3v) is 3.85. The molecule has 5 nitrogen and oxygen atoms in total. The minimum Gasteiger partial charge on any atom is -0.385 e. The summed E-state index contributed by atoms with van der Waals surface area (Å²) in [6.07, 6.45) is 3.39. The topological polar surface area (TPSA) is 48.9 Å². The second-order valence-corrected chi connectivity index (χ2v) is 5.60. The van der Waals surface area contributed by atoms with Crippen molar-refractivity contribution < 1.29 is 4.74 Å². The van der Waals surface area contributed by atoms with Crippen LogP contribution in [0.15, 0.2) is 4.99 Å². The first kappa shape index (κ1) is 24.2. The molecule has 0 aromatic heterocycles. The molecule has 0 saturated heterocycles. The number of methoxy groups -OCH3 is 1. The monoisotopic (exact) mass is 428 g/mol. The van der Waals surface area contributed by atoms with Crippen molar-refractivity contribution in [2.75, 3.05) is 47.4 Å². The van der Waals surface area contributed by atoms with Gasteiger partial charge in [-0.05, 0) is 33.4 Å². The molecule has 1 unspecified atom stereocenters. The Balaban J connectivity index is 0. The van der Waals surface area contributed by atoms with Crippen LogP contribution >= 0.6 is 24.0 Å². The zero-order chi connectivity index (χ0) is 16.1. The van der Waals surface area contributed by atoms with Gasteiger partial charge in [0.15, 0.2) is 5.96 Å². The maximum atomic E-state index is 5.07. The fraction of sp³-hybridized carbons (Fsp3) is 0.938. The van der Waals surface area contributed by atoms with Gasteiger partial charge in [0.1, 0.15) is 0 Å². The first-order chi connectivity index (χ1) is 10.1. The molecule has 0 bridgehead atoms. The van der Waals surface area contributed by atoms with Gasteiger partial charge < -0.3 is 20.3 Å². The third-order valence-electron chi connectivity index (χ3n) is 3.85. The first-order valence-corrected chi connectivity index (χ1v) is 8.28. The van der Waals surface area contributed by atoms with Crippen LogP contribution in [0.4, 0.5) is 0 Å². The molecular formula is C16H37IN4O. The van der Waals surface area contributed by atoms with Crippen molar-refractivity contribution in [3.63, 3.8) is 0 Å². The van der Waals surface area contributed by atoms with Crippen molar-refractivity contribution >= 4 is 29.9 Å². The highest BCUT2D eigenvalue weighted by atomic mass is 127. The van der Waals surface area contributed by atoms with E-state index in [2.05, 4.69) is 50.4 Å². The largest absolute Gasteiger partial charge is 0.385 e. The molecule has 134 valence electrons. The van der Waals surface area contributed by atoms with Crippen LogP contribution in [0.1, 0.15) is 40.0 Å². The molecule has 22 heavy (non-hydrogen) atoms. The molecule has 0 heterocycles. The molecule has 0 aliphatic heterocycles. The zero-order valence-electron chi connectivity index (χ0n) is 15.3. The molecule has 0 rings (SSSR count). The zero-order valence-corrected chi connectivity index (χ0v) is 17.6. The predicted molar refractivity (Wildman–Crippen MR) is 107 cm³/mol. The van der Waals surface area contributed by atoms with Crippen LogP contribution in [-0.4, -0.2) is 64.3 Å². The Morgan fingerprint density at radius 3 is 2.23 bits per heavy atom. The molecule has 0 saturated carbocycles. The molecule has 6 heteroatoms. The molecule has 0 aromatic rings. The summed E-state index contributed by atoms with van der Waals surface area (Å²) in [5.41, 5.74) is 0. The minimum atomic E-state index is 0. The summed E-state index contributed by atoms with van der Waals surface area (Å²) in [4.78, 5) is 7.06. The average molecular weight is 428 g/mol. The van der Waals surface area contributed by atoms with Gasteiger partial charge in [-0.25, -0.2) is 0 Å². The van der Waals surface area contributed by atoms with Crippen LogP contribution in [0.2, 0.25) is 0 Å². The molecule has 0 radical (unpaired) electrons. The lowest BCUT2D eigenvalue weighted by Crippen LogP contribution is -2.41. The predicted octanol–water partition coefficient (Wildman–Crippen LogP) is 2.56. The quantitative estimate of drug-likeness (QED) is 0.230. The van der Waals surface area contributed by atoms with E-state index in [0.29, 0.717) is 12.0 Å². The van der Waals surface area contributed by atoms with E-state index in [4.69, 9.17) is 9.73 Å². The minimum absolute atomic E-state index is 0. The van der Waals surface area contributed by atoms with Crippen molar-refractivity contribution in [1.82, 2.24) is 15.5 Å². The van der Waals surface area contributed by atoms with Crippen molar-refractivity contribution in [2.45, 2.75) is 46.1 Å². The summed E-state index contributed by atoms with van der Waals surface area (Å²) in [6.45, 7) is 10.0. The Bertz CT molecular complexity index is 271. The Morgan fingerprint density at radius 2 is 1.77 bits per heavy atom.